The van der Waals surface area contributed by atoms with Crippen molar-refractivity contribution in [2.45, 2.75) is 46.6 Å². The molecule has 1 aliphatic rings. The van der Waals surface area contributed by atoms with Crippen molar-refractivity contribution >= 4 is 28.9 Å². The van der Waals surface area contributed by atoms with Gasteiger partial charge in [0.15, 0.2) is 5.11 Å². The molecular weight excluding hydrogens is 366 g/mol. The lowest BCUT2D eigenvalue weighted by Crippen LogP contribution is -2.45. The fraction of sp³-hybridized carbons (Fsp3) is 0.304. The Labute approximate surface area is 172 Å². The standard InChI is InChI=1S/C23H27N3OS/c1-13(2)17-7-9-18(10-8-17)21-20(16(5)24-23(28)26-21)22(27)25-19-11-6-14(3)12-15(19)4/h6-13,21H,1-5H3,(H,25,27)(H2,24,26,28). The first-order chi connectivity index (χ1) is 13.3. The molecule has 0 spiro atoms. The third-order valence-corrected chi connectivity index (χ3v) is 5.30. The molecule has 1 atom stereocenters. The Bertz CT molecular complexity index is 945. The van der Waals surface area contributed by atoms with Crippen molar-refractivity contribution in [3.8, 4) is 0 Å². The minimum atomic E-state index is -0.291. The van der Waals surface area contributed by atoms with Gasteiger partial charge in [0, 0.05) is 11.4 Å². The van der Waals surface area contributed by atoms with Gasteiger partial charge >= 0.3 is 0 Å². The van der Waals surface area contributed by atoms with E-state index in [1.54, 1.807) is 0 Å². The van der Waals surface area contributed by atoms with Crippen LogP contribution in [0, 0.1) is 13.8 Å². The molecule has 28 heavy (non-hydrogen) atoms. The van der Waals surface area contributed by atoms with Gasteiger partial charge in [0.05, 0.1) is 11.6 Å². The average Bonchev–Trinajstić information content (AvgIpc) is 2.63. The molecule has 3 N–H and O–H groups in total. The Morgan fingerprint density at radius 2 is 1.75 bits per heavy atom. The van der Waals surface area contributed by atoms with Crippen LogP contribution in [0.2, 0.25) is 0 Å². The quantitative estimate of drug-likeness (QED) is 0.650. The number of hydrogen-bond acceptors (Lipinski definition) is 2. The monoisotopic (exact) mass is 393 g/mol. The Balaban J connectivity index is 1.93. The van der Waals surface area contributed by atoms with Crippen molar-refractivity contribution in [3.63, 3.8) is 0 Å². The summed E-state index contributed by atoms with van der Waals surface area (Å²) in [4.78, 5) is 13.2. The van der Waals surface area contributed by atoms with Crippen LogP contribution in [0.1, 0.15) is 55.0 Å². The van der Waals surface area contributed by atoms with Crippen molar-refractivity contribution in [3.05, 3.63) is 76.0 Å². The first-order valence-corrected chi connectivity index (χ1v) is 9.94. The molecule has 0 bridgehead atoms. The van der Waals surface area contributed by atoms with E-state index in [4.69, 9.17) is 12.2 Å². The molecule has 146 valence electrons. The van der Waals surface area contributed by atoms with Crippen LogP contribution in [0.25, 0.3) is 0 Å². The number of amides is 1. The lowest BCUT2D eigenvalue weighted by molar-refractivity contribution is -0.113. The van der Waals surface area contributed by atoms with E-state index >= 15 is 0 Å². The van der Waals surface area contributed by atoms with Crippen LogP contribution >= 0.6 is 12.2 Å². The third kappa shape index (κ3) is 4.25. The molecule has 4 nitrogen and oxygen atoms in total. The topological polar surface area (TPSA) is 53.2 Å². The summed E-state index contributed by atoms with van der Waals surface area (Å²) < 4.78 is 0. The molecule has 1 aliphatic heterocycles. The van der Waals surface area contributed by atoms with Crippen LogP contribution in [0.15, 0.2) is 53.7 Å². The van der Waals surface area contributed by atoms with Crippen LogP contribution in [-0.4, -0.2) is 11.0 Å². The van der Waals surface area contributed by atoms with E-state index in [1.165, 1.54) is 11.1 Å². The lowest BCUT2D eigenvalue weighted by atomic mass is 9.92. The number of thiocarbonyl (C=S) groups is 1. The maximum absolute atomic E-state index is 13.2. The van der Waals surface area contributed by atoms with Gasteiger partial charge < -0.3 is 16.0 Å². The van der Waals surface area contributed by atoms with Crippen molar-refractivity contribution < 1.29 is 4.79 Å². The van der Waals surface area contributed by atoms with Crippen molar-refractivity contribution in [2.24, 2.45) is 0 Å². The highest BCUT2D eigenvalue weighted by atomic mass is 32.1. The Morgan fingerprint density at radius 1 is 1.07 bits per heavy atom. The number of benzene rings is 2. The van der Waals surface area contributed by atoms with Gasteiger partial charge in [0.25, 0.3) is 5.91 Å². The average molecular weight is 394 g/mol. The molecule has 0 aliphatic carbocycles. The van der Waals surface area contributed by atoms with E-state index in [0.29, 0.717) is 16.6 Å². The second kappa shape index (κ2) is 8.15. The van der Waals surface area contributed by atoms with Gasteiger partial charge in [-0.25, -0.2) is 0 Å². The van der Waals surface area contributed by atoms with Gasteiger partial charge in [-0.2, -0.15) is 0 Å². The number of aryl methyl sites for hydroxylation is 2. The molecule has 0 aromatic heterocycles. The highest BCUT2D eigenvalue weighted by Crippen LogP contribution is 2.29. The van der Waals surface area contributed by atoms with Crippen LogP contribution in [-0.2, 0) is 4.79 Å². The zero-order valence-corrected chi connectivity index (χ0v) is 17.8. The molecule has 0 fully saturated rings. The number of hydrogen-bond donors (Lipinski definition) is 3. The van der Waals surface area contributed by atoms with Gasteiger partial charge in [-0.15, -0.1) is 0 Å². The van der Waals surface area contributed by atoms with Gasteiger partial charge in [-0.3, -0.25) is 4.79 Å². The molecule has 5 heteroatoms. The van der Waals surface area contributed by atoms with E-state index in [9.17, 15) is 4.79 Å². The predicted octanol–water partition coefficient (Wildman–Crippen LogP) is 4.86. The van der Waals surface area contributed by atoms with Crippen LogP contribution in [0.5, 0.6) is 0 Å². The van der Waals surface area contributed by atoms with Gasteiger partial charge in [0.1, 0.15) is 0 Å². The maximum Gasteiger partial charge on any atom is 0.255 e. The normalized spacial score (nSPS) is 16.6. The predicted molar refractivity (Wildman–Crippen MR) is 119 cm³/mol. The second-order valence-electron chi connectivity index (χ2n) is 7.66. The molecule has 0 radical (unpaired) electrons. The molecule has 0 saturated heterocycles. The van der Waals surface area contributed by atoms with E-state index in [-0.39, 0.29) is 11.9 Å². The van der Waals surface area contributed by atoms with Crippen LogP contribution in [0.4, 0.5) is 5.69 Å². The number of allylic oxidation sites excluding steroid dienone is 1. The zero-order valence-electron chi connectivity index (χ0n) is 17.0. The summed E-state index contributed by atoms with van der Waals surface area (Å²) in [5.74, 6) is 0.325. The summed E-state index contributed by atoms with van der Waals surface area (Å²) in [6, 6.07) is 14.1. The summed E-state index contributed by atoms with van der Waals surface area (Å²) in [7, 11) is 0. The highest BCUT2D eigenvalue weighted by Gasteiger charge is 2.30. The smallest absolute Gasteiger partial charge is 0.255 e. The molecule has 1 heterocycles. The van der Waals surface area contributed by atoms with Gasteiger partial charge in [0.2, 0.25) is 0 Å². The summed E-state index contributed by atoms with van der Waals surface area (Å²) in [6.45, 7) is 10.3. The Kier molecular flexibility index (Phi) is 5.84. The van der Waals surface area contributed by atoms with Crippen molar-refractivity contribution in [1.82, 2.24) is 10.6 Å². The SMILES string of the molecule is CC1=C(C(=O)Nc2ccc(C)cc2C)C(c2ccc(C(C)C)cc2)NC(=S)N1. The Morgan fingerprint density at radius 3 is 2.36 bits per heavy atom. The van der Waals surface area contributed by atoms with E-state index in [0.717, 1.165) is 22.5 Å². The van der Waals surface area contributed by atoms with Gasteiger partial charge in [-0.05, 0) is 61.7 Å². The van der Waals surface area contributed by atoms with Crippen molar-refractivity contribution in [2.75, 3.05) is 5.32 Å². The number of nitrogens with one attached hydrogen (secondary N) is 3. The Hall–Kier alpha value is -2.66. The summed E-state index contributed by atoms with van der Waals surface area (Å²) in [6.07, 6.45) is 0. The molecule has 1 amide bonds. The number of carbonyl (C=O) groups excluding carboxylic acids is 1. The maximum atomic E-state index is 13.2. The summed E-state index contributed by atoms with van der Waals surface area (Å²) in [5.41, 5.74) is 6.71. The van der Waals surface area contributed by atoms with Crippen LogP contribution < -0.4 is 16.0 Å². The minimum absolute atomic E-state index is 0.134. The van der Waals surface area contributed by atoms with Crippen molar-refractivity contribution in [1.29, 1.82) is 0 Å². The van der Waals surface area contributed by atoms with Gasteiger partial charge in [-0.1, -0.05) is 55.8 Å². The molecular formula is C23H27N3OS. The fourth-order valence-corrected chi connectivity index (χ4v) is 3.73. The summed E-state index contributed by atoms with van der Waals surface area (Å²) >= 11 is 5.34. The van der Waals surface area contributed by atoms with E-state index in [2.05, 4.69) is 60.1 Å². The molecule has 0 saturated carbocycles. The second-order valence-corrected chi connectivity index (χ2v) is 8.07. The molecule has 2 aromatic rings. The molecule has 2 aromatic carbocycles. The van der Waals surface area contributed by atoms with E-state index in [1.807, 2.05) is 32.9 Å². The first-order valence-electron chi connectivity index (χ1n) is 9.53. The van der Waals surface area contributed by atoms with Crippen LogP contribution in [0.3, 0.4) is 0 Å². The zero-order chi connectivity index (χ0) is 20.4. The molecule has 3 rings (SSSR count). The molecule has 1 unspecified atom stereocenters. The largest absolute Gasteiger partial charge is 0.351 e. The number of rotatable bonds is 4. The number of anilines is 1. The third-order valence-electron chi connectivity index (χ3n) is 5.08. The minimum Gasteiger partial charge on any atom is -0.351 e. The first kappa shape index (κ1) is 20.1. The van der Waals surface area contributed by atoms with E-state index < -0.39 is 0 Å². The summed E-state index contributed by atoms with van der Waals surface area (Å²) in [5, 5.41) is 9.93. The highest BCUT2D eigenvalue weighted by molar-refractivity contribution is 7.80. The fourth-order valence-electron chi connectivity index (χ4n) is 3.46. The lowest BCUT2D eigenvalue weighted by Gasteiger charge is -2.30. The number of carbonyl (C=O) groups is 1.